The van der Waals surface area contributed by atoms with E-state index in [1.807, 2.05) is 0 Å². The molecule has 0 saturated carbocycles. The number of hydrogen-bond acceptors (Lipinski definition) is 6. The second-order valence-electron chi connectivity index (χ2n) is 3.84. The second-order valence-corrected chi connectivity index (χ2v) is 4.72. The predicted octanol–water partition coefficient (Wildman–Crippen LogP) is 0.240. The number of amides is 1. The molecule has 0 unspecified atom stereocenters. The van der Waals surface area contributed by atoms with Crippen molar-refractivity contribution in [3.8, 4) is 0 Å². The van der Waals surface area contributed by atoms with Gasteiger partial charge in [0.05, 0.1) is 6.54 Å². The van der Waals surface area contributed by atoms with Crippen molar-refractivity contribution in [1.29, 1.82) is 0 Å². The van der Waals surface area contributed by atoms with E-state index in [9.17, 15) is 14.9 Å². The fraction of sp³-hybridized carbons (Fsp3) is 0.333. The lowest BCUT2D eigenvalue weighted by atomic mass is 10.3. The molecule has 94 valence electrons. The molecule has 0 aliphatic carbocycles. The van der Waals surface area contributed by atoms with Crippen LogP contribution in [0.3, 0.4) is 0 Å². The van der Waals surface area contributed by atoms with Crippen molar-refractivity contribution in [2.24, 2.45) is 0 Å². The van der Waals surface area contributed by atoms with Crippen LogP contribution in [-0.4, -0.2) is 39.8 Å². The van der Waals surface area contributed by atoms with Gasteiger partial charge in [-0.2, -0.15) is 9.38 Å². The minimum atomic E-state index is -0.464. The number of anilines is 1. The van der Waals surface area contributed by atoms with Gasteiger partial charge in [0, 0.05) is 18.5 Å². The smallest absolute Gasteiger partial charge is 0.358 e. The number of carbonyl (C=O) groups is 1. The first kappa shape index (κ1) is 11.0. The van der Waals surface area contributed by atoms with Gasteiger partial charge in [-0.25, -0.2) is 0 Å². The van der Waals surface area contributed by atoms with Crippen molar-refractivity contribution >= 4 is 33.8 Å². The van der Waals surface area contributed by atoms with E-state index in [0.717, 1.165) is 0 Å². The highest BCUT2D eigenvalue weighted by Crippen LogP contribution is 2.31. The second kappa shape index (κ2) is 3.95. The van der Waals surface area contributed by atoms with Gasteiger partial charge in [0.15, 0.2) is 0 Å². The van der Waals surface area contributed by atoms with Gasteiger partial charge in [-0.15, -0.1) is 0 Å². The summed E-state index contributed by atoms with van der Waals surface area (Å²) in [5.41, 5.74) is 0. The van der Waals surface area contributed by atoms with Crippen molar-refractivity contribution < 1.29 is 9.72 Å². The van der Waals surface area contributed by atoms with Crippen LogP contribution >= 0.6 is 11.3 Å². The van der Waals surface area contributed by atoms with Gasteiger partial charge in [-0.1, -0.05) is 11.3 Å². The first-order valence-electron chi connectivity index (χ1n) is 5.28. The Morgan fingerprint density at radius 3 is 3.11 bits per heavy atom. The number of nitro groups is 1. The molecule has 1 aliphatic rings. The molecule has 0 aromatic carbocycles. The van der Waals surface area contributed by atoms with E-state index in [-0.39, 0.29) is 24.1 Å². The van der Waals surface area contributed by atoms with Crippen molar-refractivity contribution in [3.63, 3.8) is 0 Å². The highest BCUT2D eigenvalue weighted by molar-refractivity contribution is 7.15. The molecule has 18 heavy (non-hydrogen) atoms. The quantitative estimate of drug-likeness (QED) is 0.621. The molecule has 0 radical (unpaired) electrons. The van der Waals surface area contributed by atoms with E-state index >= 15 is 0 Å². The number of piperazine rings is 1. The Bertz CT molecular complexity index is 633. The third-order valence-corrected chi connectivity index (χ3v) is 3.49. The molecule has 1 aliphatic heterocycles. The molecule has 8 nitrogen and oxygen atoms in total. The zero-order valence-electron chi connectivity index (χ0n) is 9.20. The number of nitrogens with one attached hydrogen (secondary N) is 1. The van der Waals surface area contributed by atoms with Crippen LogP contribution in [0, 0.1) is 10.1 Å². The van der Waals surface area contributed by atoms with Gasteiger partial charge < -0.3 is 20.3 Å². The number of rotatable bonds is 2. The average Bonchev–Trinajstić information content (AvgIpc) is 2.87. The normalized spacial score (nSPS) is 16.0. The molecule has 0 bridgehead atoms. The third-order valence-electron chi connectivity index (χ3n) is 2.73. The average molecular weight is 267 g/mol. The van der Waals surface area contributed by atoms with Crippen LogP contribution in [0.2, 0.25) is 0 Å². The highest BCUT2D eigenvalue weighted by atomic mass is 32.1. The molecule has 2 aromatic heterocycles. The molecule has 2 aromatic rings. The lowest BCUT2D eigenvalue weighted by molar-refractivity contribution is -0.389. The largest absolute Gasteiger partial charge is 0.373 e. The number of thiazole rings is 1. The van der Waals surface area contributed by atoms with Crippen LogP contribution in [-0.2, 0) is 4.79 Å². The number of aromatic nitrogens is 2. The predicted molar refractivity (Wildman–Crippen MR) is 64.9 cm³/mol. The molecule has 1 N–H and O–H groups in total. The monoisotopic (exact) mass is 267 g/mol. The molecular weight excluding hydrogens is 258 g/mol. The molecule has 1 amide bonds. The first-order chi connectivity index (χ1) is 8.66. The summed E-state index contributed by atoms with van der Waals surface area (Å²) in [5, 5.41) is 15.6. The van der Waals surface area contributed by atoms with Gasteiger partial charge in [0.1, 0.15) is 6.20 Å². The lowest BCUT2D eigenvalue weighted by Gasteiger charge is -2.25. The molecule has 0 atom stereocenters. The number of hydrogen-bond donors (Lipinski definition) is 1. The van der Waals surface area contributed by atoms with Crippen molar-refractivity contribution in [2.45, 2.75) is 0 Å². The molecule has 1 fully saturated rings. The maximum absolute atomic E-state index is 11.3. The van der Waals surface area contributed by atoms with Gasteiger partial charge in [0.25, 0.3) is 4.96 Å². The summed E-state index contributed by atoms with van der Waals surface area (Å²) in [5.74, 6) is 0.0366. The number of imidazole rings is 1. The fourth-order valence-corrected chi connectivity index (χ4v) is 2.67. The van der Waals surface area contributed by atoms with Gasteiger partial charge in [-0.05, 0) is 4.92 Å². The van der Waals surface area contributed by atoms with E-state index < -0.39 is 4.92 Å². The number of fused-ring (bicyclic) bond motifs is 1. The first-order valence-corrected chi connectivity index (χ1v) is 6.16. The van der Waals surface area contributed by atoms with Crippen LogP contribution in [0.4, 0.5) is 11.6 Å². The maximum atomic E-state index is 11.3. The Morgan fingerprint density at radius 1 is 1.56 bits per heavy atom. The minimum Gasteiger partial charge on any atom is -0.358 e. The zero-order valence-corrected chi connectivity index (χ0v) is 10.0. The van der Waals surface area contributed by atoms with E-state index in [1.54, 1.807) is 16.5 Å². The minimum absolute atomic E-state index is 0.0825. The SMILES string of the molecule is O=C1CN(c2nc3sccn3c2[N+](=O)[O-])CCN1. The topological polar surface area (TPSA) is 92.8 Å². The van der Waals surface area contributed by atoms with E-state index in [4.69, 9.17) is 0 Å². The zero-order chi connectivity index (χ0) is 12.7. The van der Waals surface area contributed by atoms with E-state index in [2.05, 4.69) is 10.3 Å². The van der Waals surface area contributed by atoms with Crippen LogP contribution in [0.1, 0.15) is 0 Å². The highest BCUT2D eigenvalue weighted by Gasteiger charge is 2.30. The van der Waals surface area contributed by atoms with Crippen LogP contribution in [0.25, 0.3) is 4.96 Å². The molecule has 3 heterocycles. The van der Waals surface area contributed by atoms with Crippen molar-refractivity contribution in [1.82, 2.24) is 14.7 Å². The van der Waals surface area contributed by atoms with Crippen molar-refractivity contribution in [3.05, 3.63) is 21.7 Å². The summed E-state index contributed by atoms with van der Waals surface area (Å²) in [4.78, 5) is 28.4. The fourth-order valence-electron chi connectivity index (χ4n) is 1.96. The van der Waals surface area contributed by atoms with E-state index in [1.165, 1.54) is 15.7 Å². The molecular formula is C9H9N5O3S. The Kier molecular flexibility index (Phi) is 2.40. The Labute approximate surface area is 105 Å². The van der Waals surface area contributed by atoms with Gasteiger partial charge in [0.2, 0.25) is 11.7 Å². The van der Waals surface area contributed by atoms with Gasteiger partial charge in [-0.3, -0.25) is 4.79 Å². The summed E-state index contributed by atoms with van der Waals surface area (Å²) < 4.78 is 1.44. The number of carbonyl (C=O) groups excluding carboxylic acids is 1. The van der Waals surface area contributed by atoms with Gasteiger partial charge >= 0.3 is 5.82 Å². The maximum Gasteiger partial charge on any atom is 0.373 e. The summed E-state index contributed by atoms with van der Waals surface area (Å²) >= 11 is 1.32. The standard InChI is InChI=1S/C9H9N5O3S/c15-6-5-12(2-1-10-6)7-8(14(16)17)13-3-4-18-9(13)11-7/h3-4H,1-2,5H2,(H,10,15). The van der Waals surface area contributed by atoms with E-state index in [0.29, 0.717) is 18.1 Å². The van der Waals surface area contributed by atoms with Crippen molar-refractivity contribution in [2.75, 3.05) is 24.5 Å². The molecule has 9 heteroatoms. The summed E-state index contributed by atoms with van der Waals surface area (Å²) in [7, 11) is 0. The van der Waals surface area contributed by atoms with Crippen LogP contribution in [0.5, 0.6) is 0 Å². The Hall–Kier alpha value is -2.16. The molecule has 3 rings (SSSR count). The Balaban J connectivity index is 2.10. The third kappa shape index (κ3) is 1.59. The van der Waals surface area contributed by atoms with Crippen LogP contribution < -0.4 is 10.2 Å². The summed E-state index contributed by atoms with van der Waals surface area (Å²) in [6.45, 7) is 1.10. The molecule has 1 saturated heterocycles. The molecule has 0 spiro atoms. The summed E-state index contributed by atoms with van der Waals surface area (Å²) in [6.07, 6.45) is 1.61. The summed E-state index contributed by atoms with van der Waals surface area (Å²) in [6, 6.07) is 0. The van der Waals surface area contributed by atoms with Crippen LogP contribution in [0.15, 0.2) is 11.6 Å². The Morgan fingerprint density at radius 2 is 2.39 bits per heavy atom. The lowest BCUT2D eigenvalue weighted by Crippen LogP contribution is -2.48. The number of nitrogens with zero attached hydrogens (tertiary/aromatic N) is 4.